The standard InChI is InChI=1S/C18H16ClNO3/c1-3-23-16-7-4-11(9-17(16)22-2)8-14-13-10-12(19)5-6-15(13)20-18(14)21/h4-10H,3H2,1-2H3,(H,20,21). The molecule has 3 rings (SSSR count). The van der Waals surface area contributed by atoms with Gasteiger partial charge >= 0.3 is 0 Å². The van der Waals surface area contributed by atoms with Crippen molar-refractivity contribution in [2.24, 2.45) is 0 Å². The highest BCUT2D eigenvalue weighted by molar-refractivity contribution is 6.36. The molecule has 0 unspecified atom stereocenters. The lowest BCUT2D eigenvalue weighted by Gasteiger charge is -2.10. The number of rotatable bonds is 4. The van der Waals surface area contributed by atoms with Crippen molar-refractivity contribution in [3.05, 3.63) is 52.5 Å². The van der Waals surface area contributed by atoms with Crippen molar-refractivity contribution in [1.29, 1.82) is 0 Å². The van der Waals surface area contributed by atoms with Gasteiger partial charge in [-0.25, -0.2) is 0 Å². The van der Waals surface area contributed by atoms with E-state index in [1.54, 1.807) is 25.3 Å². The minimum atomic E-state index is -0.143. The van der Waals surface area contributed by atoms with E-state index < -0.39 is 0 Å². The van der Waals surface area contributed by atoms with E-state index >= 15 is 0 Å². The lowest BCUT2D eigenvalue weighted by atomic mass is 10.0. The summed E-state index contributed by atoms with van der Waals surface area (Å²) in [5.41, 5.74) is 3.00. The average molecular weight is 330 g/mol. The zero-order chi connectivity index (χ0) is 16.4. The summed E-state index contributed by atoms with van der Waals surface area (Å²) in [7, 11) is 1.59. The van der Waals surface area contributed by atoms with E-state index in [4.69, 9.17) is 21.1 Å². The van der Waals surface area contributed by atoms with Crippen molar-refractivity contribution in [2.45, 2.75) is 6.92 Å². The Morgan fingerprint density at radius 1 is 1.17 bits per heavy atom. The molecule has 1 aliphatic rings. The van der Waals surface area contributed by atoms with Gasteiger partial charge in [0.2, 0.25) is 0 Å². The van der Waals surface area contributed by atoms with Gasteiger partial charge in [0.05, 0.1) is 13.7 Å². The van der Waals surface area contributed by atoms with Gasteiger partial charge in [0.1, 0.15) is 0 Å². The van der Waals surface area contributed by atoms with Crippen LogP contribution in [0, 0.1) is 0 Å². The maximum absolute atomic E-state index is 12.2. The molecular weight excluding hydrogens is 314 g/mol. The van der Waals surface area contributed by atoms with Gasteiger partial charge in [-0.15, -0.1) is 0 Å². The zero-order valence-electron chi connectivity index (χ0n) is 12.9. The molecule has 118 valence electrons. The van der Waals surface area contributed by atoms with Gasteiger partial charge in [-0.05, 0) is 48.9 Å². The normalized spacial score (nSPS) is 14.6. The van der Waals surface area contributed by atoms with E-state index in [0.717, 1.165) is 16.8 Å². The number of anilines is 1. The van der Waals surface area contributed by atoms with Crippen LogP contribution in [-0.2, 0) is 4.79 Å². The first-order valence-corrected chi connectivity index (χ1v) is 7.64. The first kappa shape index (κ1) is 15.4. The second kappa shape index (κ2) is 6.34. The molecule has 4 nitrogen and oxygen atoms in total. The summed E-state index contributed by atoms with van der Waals surface area (Å²) in [4.78, 5) is 12.2. The Kier molecular flexibility index (Phi) is 4.26. The number of nitrogens with one attached hydrogen (secondary N) is 1. The fraction of sp³-hybridized carbons (Fsp3) is 0.167. The Morgan fingerprint density at radius 2 is 2.00 bits per heavy atom. The molecule has 0 aliphatic carbocycles. The Labute approximate surface area is 139 Å². The molecule has 0 spiro atoms. The van der Waals surface area contributed by atoms with E-state index in [1.807, 2.05) is 31.2 Å². The second-order valence-electron chi connectivity index (χ2n) is 5.05. The molecule has 0 aromatic heterocycles. The number of halogens is 1. The highest BCUT2D eigenvalue weighted by Crippen LogP contribution is 2.36. The van der Waals surface area contributed by atoms with Gasteiger partial charge in [-0.1, -0.05) is 17.7 Å². The van der Waals surface area contributed by atoms with Crippen molar-refractivity contribution in [1.82, 2.24) is 0 Å². The van der Waals surface area contributed by atoms with E-state index in [-0.39, 0.29) is 5.91 Å². The molecule has 1 amide bonds. The van der Waals surface area contributed by atoms with Gasteiger partial charge in [0, 0.05) is 21.8 Å². The van der Waals surface area contributed by atoms with Gasteiger partial charge in [-0.2, -0.15) is 0 Å². The SMILES string of the molecule is CCOc1ccc(C=C2C(=O)Nc3ccc(Cl)cc32)cc1OC. The van der Waals surface area contributed by atoms with Crippen molar-refractivity contribution in [3.63, 3.8) is 0 Å². The Hall–Kier alpha value is -2.46. The molecule has 1 heterocycles. The molecule has 5 heteroatoms. The summed E-state index contributed by atoms with van der Waals surface area (Å²) in [5, 5.41) is 3.43. The van der Waals surface area contributed by atoms with Gasteiger partial charge in [0.25, 0.3) is 5.91 Å². The number of methoxy groups -OCH3 is 1. The fourth-order valence-corrected chi connectivity index (χ4v) is 2.69. The maximum atomic E-state index is 12.2. The zero-order valence-corrected chi connectivity index (χ0v) is 13.6. The van der Waals surface area contributed by atoms with Crippen LogP contribution in [0.2, 0.25) is 5.02 Å². The second-order valence-corrected chi connectivity index (χ2v) is 5.48. The molecular formula is C18H16ClNO3. The highest BCUT2D eigenvalue weighted by atomic mass is 35.5. The number of fused-ring (bicyclic) bond motifs is 1. The smallest absolute Gasteiger partial charge is 0.256 e. The van der Waals surface area contributed by atoms with Crippen LogP contribution >= 0.6 is 11.6 Å². The monoisotopic (exact) mass is 329 g/mol. The molecule has 0 atom stereocenters. The summed E-state index contributed by atoms with van der Waals surface area (Å²) in [5.74, 6) is 1.16. The summed E-state index contributed by atoms with van der Waals surface area (Å²) in [6.07, 6.45) is 1.82. The van der Waals surface area contributed by atoms with Crippen LogP contribution in [0.3, 0.4) is 0 Å². The summed E-state index contributed by atoms with van der Waals surface area (Å²) in [6, 6.07) is 10.9. The minimum absolute atomic E-state index is 0.143. The maximum Gasteiger partial charge on any atom is 0.256 e. The lowest BCUT2D eigenvalue weighted by molar-refractivity contribution is -0.110. The van der Waals surface area contributed by atoms with Crippen molar-refractivity contribution in [3.8, 4) is 11.5 Å². The summed E-state index contributed by atoms with van der Waals surface area (Å²) >= 11 is 6.04. The number of amides is 1. The predicted octanol–water partition coefficient (Wildman–Crippen LogP) is 4.24. The van der Waals surface area contributed by atoms with E-state index in [9.17, 15) is 4.79 Å². The average Bonchev–Trinajstić information content (AvgIpc) is 2.84. The molecule has 0 saturated carbocycles. The Bertz CT molecular complexity index is 799. The molecule has 0 bridgehead atoms. The number of carbonyl (C=O) groups excluding carboxylic acids is 1. The molecule has 23 heavy (non-hydrogen) atoms. The van der Waals surface area contributed by atoms with E-state index in [1.165, 1.54) is 0 Å². The summed E-state index contributed by atoms with van der Waals surface area (Å²) in [6.45, 7) is 2.48. The van der Waals surface area contributed by atoms with Crippen LogP contribution in [0.4, 0.5) is 5.69 Å². The molecule has 2 aromatic rings. The fourth-order valence-electron chi connectivity index (χ4n) is 2.52. The quantitative estimate of drug-likeness (QED) is 0.853. The third kappa shape index (κ3) is 3.03. The highest BCUT2D eigenvalue weighted by Gasteiger charge is 2.24. The van der Waals surface area contributed by atoms with Gasteiger partial charge in [-0.3, -0.25) is 4.79 Å². The van der Waals surface area contributed by atoms with E-state index in [0.29, 0.717) is 28.7 Å². The van der Waals surface area contributed by atoms with Gasteiger partial charge < -0.3 is 14.8 Å². The molecule has 0 fully saturated rings. The third-order valence-corrected chi connectivity index (χ3v) is 3.80. The predicted molar refractivity (Wildman–Crippen MR) is 92.1 cm³/mol. The van der Waals surface area contributed by atoms with Crippen LogP contribution in [0.25, 0.3) is 11.6 Å². The number of benzene rings is 2. The number of ether oxygens (including phenoxy) is 2. The molecule has 0 saturated heterocycles. The van der Waals surface area contributed by atoms with Crippen molar-refractivity contribution >= 4 is 34.8 Å². The van der Waals surface area contributed by atoms with Crippen LogP contribution in [-0.4, -0.2) is 19.6 Å². The third-order valence-electron chi connectivity index (χ3n) is 3.56. The van der Waals surface area contributed by atoms with Gasteiger partial charge in [0.15, 0.2) is 11.5 Å². The van der Waals surface area contributed by atoms with Crippen molar-refractivity contribution in [2.75, 3.05) is 19.0 Å². The number of hydrogen-bond acceptors (Lipinski definition) is 3. The number of carbonyl (C=O) groups is 1. The summed E-state index contributed by atoms with van der Waals surface area (Å²) < 4.78 is 10.8. The van der Waals surface area contributed by atoms with Crippen LogP contribution < -0.4 is 14.8 Å². The van der Waals surface area contributed by atoms with Crippen molar-refractivity contribution < 1.29 is 14.3 Å². The van der Waals surface area contributed by atoms with Crippen LogP contribution in [0.15, 0.2) is 36.4 Å². The Balaban J connectivity index is 2.02. The topological polar surface area (TPSA) is 47.6 Å². The molecule has 0 radical (unpaired) electrons. The molecule has 2 aromatic carbocycles. The Morgan fingerprint density at radius 3 is 2.74 bits per heavy atom. The van der Waals surface area contributed by atoms with E-state index in [2.05, 4.69) is 5.32 Å². The first-order valence-electron chi connectivity index (χ1n) is 7.26. The van der Waals surface area contributed by atoms with Crippen LogP contribution in [0.1, 0.15) is 18.1 Å². The molecule has 1 aliphatic heterocycles. The lowest BCUT2D eigenvalue weighted by Crippen LogP contribution is -2.03. The number of hydrogen-bond donors (Lipinski definition) is 1. The minimum Gasteiger partial charge on any atom is -0.493 e. The largest absolute Gasteiger partial charge is 0.493 e. The molecule has 1 N–H and O–H groups in total. The van der Waals surface area contributed by atoms with Crippen LogP contribution in [0.5, 0.6) is 11.5 Å². The first-order chi connectivity index (χ1) is 11.1.